The van der Waals surface area contributed by atoms with Gasteiger partial charge in [-0.15, -0.1) is 0 Å². The molecule has 13 atom stereocenters. The molecule has 1 aromatic carbocycles. The van der Waals surface area contributed by atoms with Crippen molar-refractivity contribution in [2.45, 2.75) is 74.3 Å². The van der Waals surface area contributed by atoms with Crippen LogP contribution in [0.25, 0.3) is 0 Å². The molecule has 1 aliphatic heterocycles. The van der Waals surface area contributed by atoms with E-state index in [1.54, 1.807) is 52.7 Å². The van der Waals surface area contributed by atoms with Crippen LogP contribution in [-0.4, -0.2) is 111 Å². The maximum Gasteiger partial charge on any atom is 0.340 e. The van der Waals surface area contributed by atoms with Crippen LogP contribution in [0.2, 0.25) is 0 Å². The van der Waals surface area contributed by atoms with Gasteiger partial charge in [0.15, 0.2) is 0 Å². The average Bonchev–Trinajstić information content (AvgIpc) is 3.41. The minimum atomic E-state index is -1.62. The highest BCUT2D eigenvalue weighted by Gasteiger charge is 2.91. The number of rotatable bonds is 8. The number of para-hydroxylation sites is 1. The summed E-state index contributed by atoms with van der Waals surface area (Å²) in [6, 6.07) is 6.55. The van der Waals surface area contributed by atoms with E-state index in [-0.39, 0.29) is 48.6 Å². The van der Waals surface area contributed by atoms with Gasteiger partial charge in [0.2, 0.25) is 0 Å². The van der Waals surface area contributed by atoms with Crippen LogP contribution in [0.15, 0.2) is 24.3 Å². The third-order valence-electron chi connectivity index (χ3n) is 13.0. The summed E-state index contributed by atoms with van der Waals surface area (Å²) in [6.07, 6.45) is 1.22. The van der Waals surface area contributed by atoms with Crippen molar-refractivity contribution in [1.29, 1.82) is 0 Å². The third-order valence-corrected chi connectivity index (χ3v) is 13.0. The van der Waals surface area contributed by atoms with Gasteiger partial charge in [-0.2, -0.15) is 0 Å². The standard InChI is InChI=1S/C32H46N2O8/c1-6-34-15-29(16-42-27(35)17-9-7-8-10-20(17)33)12-11-22(39-3)31-19-13-18-21(38-2)14-30(36,23(19)24(18)40-4)32(37,28(31)34)26(41-5)25(29)31/h7-10,18-19,21-26,28,36-37H,6,11-16,33H2,1-5H3/t18-,19+,21+,22-,23+,24+,25-,26+,28-,29+,30-,31-,32+/m0/s1. The first-order chi connectivity index (χ1) is 20.1. The predicted octanol–water partition coefficient (Wildman–Crippen LogP) is 1.72. The number of benzene rings is 1. The van der Waals surface area contributed by atoms with E-state index in [1.807, 2.05) is 0 Å². The molecular weight excluding hydrogens is 540 g/mol. The Morgan fingerprint density at radius 1 is 1.10 bits per heavy atom. The molecule has 1 spiro atoms. The highest BCUT2D eigenvalue weighted by atomic mass is 16.5. The predicted molar refractivity (Wildman–Crippen MR) is 153 cm³/mol. The number of anilines is 1. The number of likely N-dealkylation sites (N-methyl/N-ethyl adjacent to an activating group) is 1. The van der Waals surface area contributed by atoms with Crippen LogP contribution in [0, 0.1) is 34.5 Å². The Balaban J connectivity index is 1.41. The van der Waals surface area contributed by atoms with Crippen LogP contribution in [0.4, 0.5) is 5.69 Å². The van der Waals surface area contributed by atoms with Gasteiger partial charge in [-0.3, -0.25) is 4.90 Å². The number of aliphatic hydroxyl groups is 2. The molecule has 1 saturated heterocycles. The summed E-state index contributed by atoms with van der Waals surface area (Å²) in [5.41, 5.74) is 2.65. The molecule has 0 amide bonds. The van der Waals surface area contributed by atoms with Crippen LogP contribution >= 0.6 is 0 Å². The number of ether oxygens (including phenoxy) is 5. The Morgan fingerprint density at radius 3 is 2.50 bits per heavy atom. The molecule has 0 aromatic heterocycles. The number of nitrogens with two attached hydrogens (primary N) is 1. The Labute approximate surface area is 247 Å². The fourth-order valence-electron chi connectivity index (χ4n) is 12.0. The maximum absolute atomic E-state index is 13.4. The molecule has 7 rings (SSSR count). The number of hydrogen-bond donors (Lipinski definition) is 3. The van der Waals surface area contributed by atoms with Crippen molar-refractivity contribution in [1.82, 2.24) is 4.90 Å². The molecule has 5 aliphatic carbocycles. The number of carbonyl (C=O) groups excluding carboxylic acids is 1. The molecule has 1 heterocycles. The Morgan fingerprint density at radius 2 is 1.86 bits per heavy atom. The fraction of sp³-hybridized carbons (Fsp3) is 0.781. The van der Waals surface area contributed by atoms with Crippen molar-refractivity contribution in [3.05, 3.63) is 29.8 Å². The van der Waals surface area contributed by atoms with Crippen molar-refractivity contribution in [2.24, 2.45) is 34.5 Å². The molecular formula is C32H46N2O8. The number of nitrogen functional groups attached to an aromatic ring is 1. The van der Waals surface area contributed by atoms with Crippen LogP contribution in [-0.2, 0) is 23.7 Å². The summed E-state index contributed by atoms with van der Waals surface area (Å²) in [4.78, 5) is 15.7. The second-order valence-electron chi connectivity index (χ2n) is 13.8. The second-order valence-corrected chi connectivity index (χ2v) is 13.8. The van der Waals surface area contributed by atoms with E-state index in [9.17, 15) is 15.0 Å². The quantitative estimate of drug-likeness (QED) is 0.306. The van der Waals surface area contributed by atoms with E-state index in [0.717, 1.165) is 19.3 Å². The van der Waals surface area contributed by atoms with Gasteiger partial charge in [-0.25, -0.2) is 4.79 Å². The van der Waals surface area contributed by atoms with Gasteiger partial charge in [0.25, 0.3) is 0 Å². The Bertz CT molecular complexity index is 1250. The number of esters is 1. The number of methoxy groups -OCH3 is 4. The molecule has 232 valence electrons. The van der Waals surface area contributed by atoms with E-state index >= 15 is 0 Å². The van der Waals surface area contributed by atoms with Crippen LogP contribution < -0.4 is 5.73 Å². The average molecular weight is 587 g/mol. The number of fused-ring (bicyclic) bond motifs is 2. The molecule has 0 unspecified atom stereocenters. The number of piperidine rings is 1. The summed E-state index contributed by atoms with van der Waals surface area (Å²) in [5, 5.41) is 26.3. The lowest BCUT2D eigenvalue weighted by atomic mass is 9.42. The topological polar surface area (TPSA) is 133 Å². The van der Waals surface area contributed by atoms with Crippen LogP contribution in [0.1, 0.15) is 43.0 Å². The third kappa shape index (κ3) is 3.12. The van der Waals surface area contributed by atoms with Gasteiger partial charge in [-0.05, 0) is 43.9 Å². The number of hydrogen-bond acceptors (Lipinski definition) is 10. The van der Waals surface area contributed by atoms with E-state index in [2.05, 4.69) is 11.8 Å². The molecule has 4 N–H and O–H groups in total. The van der Waals surface area contributed by atoms with E-state index < -0.39 is 40.1 Å². The van der Waals surface area contributed by atoms with Crippen molar-refractivity contribution in [3.63, 3.8) is 0 Å². The van der Waals surface area contributed by atoms with Gasteiger partial charge >= 0.3 is 5.97 Å². The minimum absolute atomic E-state index is 0.00697. The van der Waals surface area contributed by atoms with E-state index in [1.165, 1.54) is 0 Å². The van der Waals surface area contributed by atoms with Gasteiger partial charge < -0.3 is 39.6 Å². The van der Waals surface area contributed by atoms with Crippen molar-refractivity contribution in [3.8, 4) is 0 Å². The smallest absolute Gasteiger partial charge is 0.340 e. The van der Waals surface area contributed by atoms with Crippen molar-refractivity contribution >= 4 is 11.7 Å². The molecule has 6 aliphatic rings. The first-order valence-electron chi connectivity index (χ1n) is 15.5. The number of nitrogens with zero attached hydrogens (tertiary/aromatic N) is 1. The maximum atomic E-state index is 13.4. The number of carbonyl (C=O) groups is 1. The summed E-state index contributed by atoms with van der Waals surface area (Å²) < 4.78 is 31.1. The van der Waals surface area contributed by atoms with Crippen LogP contribution in [0.5, 0.6) is 0 Å². The zero-order valence-corrected chi connectivity index (χ0v) is 25.3. The summed E-state index contributed by atoms with van der Waals surface area (Å²) in [5.74, 6) is -0.892. The summed E-state index contributed by atoms with van der Waals surface area (Å²) in [6.45, 7) is 3.54. The lowest BCUT2D eigenvalue weighted by molar-refractivity contribution is -0.320. The Kier molecular flexibility index (Phi) is 6.62. The largest absolute Gasteiger partial charge is 0.461 e. The lowest BCUT2D eigenvalue weighted by Crippen LogP contribution is -2.82. The molecule has 1 aromatic rings. The van der Waals surface area contributed by atoms with Gasteiger partial charge in [0.05, 0.1) is 42.6 Å². The summed E-state index contributed by atoms with van der Waals surface area (Å²) >= 11 is 0. The summed E-state index contributed by atoms with van der Waals surface area (Å²) in [7, 11) is 6.80. The molecule has 0 radical (unpaired) electrons. The first-order valence-corrected chi connectivity index (χ1v) is 15.5. The minimum Gasteiger partial charge on any atom is -0.461 e. The van der Waals surface area contributed by atoms with Crippen LogP contribution in [0.3, 0.4) is 0 Å². The highest BCUT2D eigenvalue weighted by molar-refractivity contribution is 5.95. The van der Waals surface area contributed by atoms with Gasteiger partial charge in [0, 0.05) is 75.7 Å². The second kappa shape index (κ2) is 9.60. The Hall–Kier alpha value is -1.79. The molecule has 10 nitrogen and oxygen atoms in total. The molecule has 7 bridgehead atoms. The zero-order chi connectivity index (χ0) is 29.8. The van der Waals surface area contributed by atoms with Gasteiger partial charge in [0.1, 0.15) is 11.2 Å². The fourth-order valence-corrected chi connectivity index (χ4v) is 12.0. The van der Waals surface area contributed by atoms with E-state index in [4.69, 9.17) is 29.4 Å². The molecule has 5 saturated carbocycles. The number of likely N-dealkylation sites (tertiary alicyclic amines) is 1. The monoisotopic (exact) mass is 586 g/mol. The zero-order valence-electron chi connectivity index (χ0n) is 25.3. The lowest BCUT2D eigenvalue weighted by Gasteiger charge is -2.70. The first kappa shape index (κ1) is 29.0. The van der Waals surface area contributed by atoms with Gasteiger partial charge in [-0.1, -0.05) is 19.1 Å². The highest BCUT2D eigenvalue weighted by Crippen LogP contribution is 2.80. The SMILES string of the molecule is CCN1C[C@@]2(COC(=O)c3ccccc3N)CC[C@H](OC)[C@@]34[C@@H]5C[C@@H]6[C@@H](OC)[C@@H]5[C@@](O)(C[C@H]6OC)[C@@](O)([C@H](OC)[C@@H]23)[C@@H]14. The molecule has 6 fully saturated rings. The van der Waals surface area contributed by atoms with E-state index in [0.29, 0.717) is 30.8 Å². The molecule has 42 heavy (non-hydrogen) atoms. The normalized spacial score (nSPS) is 50.1. The molecule has 10 heteroatoms. The van der Waals surface area contributed by atoms with Crippen molar-refractivity contribution < 1.29 is 38.7 Å². The van der Waals surface area contributed by atoms with Crippen molar-refractivity contribution in [2.75, 3.05) is 53.9 Å².